The van der Waals surface area contributed by atoms with Gasteiger partial charge in [-0.15, -0.1) is 0 Å². The number of rotatable bonds is 2. The average molecular weight is 224 g/mol. The summed E-state index contributed by atoms with van der Waals surface area (Å²) in [5.74, 6) is 0.763. The summed E-state index contributed by atoms with van der Waals surface area (Å²) in [5.41, 5.74) is 1.07. The number of nitrogens with zero attached hydrogens (tertiary/aromatic N) is 2. The van der Waals surface area contributed by atoms with E-state index < -0.39 is 0 Å². The summed E-state index contributed by atoms with van der Waals surface area (Å²) >= 11 is 1.62. The highest BCUT2D eigenvalue weighted by Crippen LogP contribution is 2.31. The summed E-state index contributed by atoms with van der Waals surface area (Å²) in [6.45, 7) is 5.64. The minimum absolute atomic E-state index is 0.387. The van der Waals surface area contributed by atoms with Gasteiger partial charge in [0.2, 0.25) is 0 Å². The molecule has 4 heteroatoms. The van der Waals surface area contributed by atoms with Crippen molar-refractivity contribution < 1.29 is 4.74 Å². The van der Waals surface area contributed by atoms with Crippen LogP contribution in [0.15, 0.2) is 5.38 Å². The van der Waals surface area contributed by atoms with Crippen LogP contribution in [0.25, 0.3) is 0 Å². The molecular weight excluding hydrogens is 208 g/mol. The fourth-order valence-corrected chi connectivity index (χ4v) is 3.26. The van der Waals surface area contributed by atoms with Crippen LogP contribution in [0, 0.1) is 12.8 Å². The molecule has 82 valence electrons. The second-order valence-electron chi connectivity index (χ2n) is 4.55. The molecule has 0 aromatic carbocycles. The Hall–Kier alpha value is -0.610. The Labute approximate surface area is 94.1 Å². The molecule has 1 atom stereocenters. The molecule has 2 bridgehead atoms. The van der Waals surface area contributed by atoms with Crippen LogP contribution in [-0.4, -0.2) is 35.6 Å². The molecule has 4 heterocycles. The van der Waals surface area contributed by atoms with Gasteiger partial charge in [0.25, 0.3) is 5.19 Å². The zero-order valence-electron chi connectivity index (χ0n) is 8.98. The Morgan fingerprint density at radius 2 is 2.27 bits per heavy atom. The highest BCUT2D eigenvalue weighted by Gasteiger charge is 2.35. The van der Waals surface area contributed by atoms with Crippen molar-refractivity contribution in [3.63, 3.8) is 0 Å². The first-order valence-corrected chi connectivity index (χ1v) is 6.50. The maximum Gasteiger partial charge on any atom is 0.273 e. The van der Waals surface area contributed by atoms with E-state index in [1.807, 2.05) is 6.92 Å². The predicted molar refractivity (Wildman–Crippen MR) is 60.4 cm³/mol. The average Bonchev–Trinajstić information content (AvgIpc) is 2.66. The largest absolute Gasteiger partial charge is 0.465 e. The van der Waals surface area contributed by atoms with E-state index in [-0.39, 0.29) is 0 Å². The molecule has 3 fully saturated rings. The van der Waals surface area contributed by atoms with Crippen molar-refractivity contribution in [2.24, 2.45) is 5.92 Å². The molecule has 1 aromatic heterocycles. The summed E-state index contributed by atoms with van der Waals surface area (Å²) < 4.78 is 5.98. The first-order valence-electron chi connectivity index (χ1n) is 5.62. The van der Waals surface area contributed by atoms with Crippen molar-refractivity contribution in [1.29, 1.82) is 0 Å². The van der Waals surface area contributed by atoms with Gasteiger partial charge in [-0.25, -0.2) is 4.98 Å². The maximum absolute atomic E-state index is 5.98. The van der Waals surface area contributed by atoms with Crippen molar-refractivity contribution in [2.45, 2.75) is 25.9 Å². The third-order valence-corrected chi connectivity index (χ3v) is 4.29. The van der Waals surface area contributed by atoms with Crippen LogP contribution in [0.2, 0.25) is 0 Å². The van der Waals surface area contributed by atoms with E-state index in [1.54, 1.807) is 11.3 Å². The lowest BCUT2D eigenvalue weighted by atomic mass is 9.86. The predicted octanol–water partition coefficient (Wildman–Crippen LogP) is 1.92. The highest BCUT2D eigenvalue weighted by atomic mass is 32.1. The maximum atomic E-state index is 5.98. The van der Waals surface area contributed by atoms with Crippen LogP contribution >= 0.6 is 11.3 Å². The third kappa shape index (κ3) is 1.88. The van der Waals surface area contributed by atoms with Gasteiger partial charge < -0.3 is 4.74 Å². The van der Waals surface area contributed by atoms with E-state index in [0.717, 1.165) is 23.4 Å². The van der Waals surface area contributed by atoms with Gasteiger partial charge in [0.15, 0.2) is 0 Å². The fraction of sp³-hybridized carbons (Fsp3) is 0.727. The molecule has 1 aromatic rings. The lowest BCUT2D eigenvalue weighted by molar-refractivity contribution is -0.00789. The van der Waals surface area contributed by atoms with E-state index >= 15 is 0 Å². The molecule has 0 spiro atoms. The van der Waals surface area contributed by atoms with Crippen LogP contribution in [0.3, 0.4) is 0 Å². The molecule has 0 N–H and O–H groups in total. The molecular formula is C11H16N2OS. The number of aryl methyl sites for hydroxylation is 1. The minimum atomic E-state index is 0.387. The molecule has 0 radical (unpaired) electrons. The van der Waals surface area contributed by atoms with Crippen LogP contribution in [-0.2, 0) is 0 Å². The summed E-state index contributed by atoms with van der Waals surface area (Å²) in [6, 6.07) is 0. The number of fused-ring (bicyclic) bond motifs is 3. The summed E-state index contributed by atoms with van der Waals surface area (Å²) in [4.78, 5) is 6.87. The first-order chi connectivity index (χ1) is 7.31. The second-order valence-corrected chi connectivity index (χ2v) is 5.37. The van der Waals surface area contributed by atoms with Crippen molar-refractivity contribution >= 4 is 11.3 Å². The molecule has 0 aliphatic carbocycles. The number of thiazole rings is 1. The topological polar surface area (TPSA) is 25.4 Å². The highest BCUT2D eigenvalue weighted by molar-refractivity contribution is 7.11. The molecule has 4 rings (SSSR count). The lowest BCUT2D eigenvalue weighted by Crippen LogP contribution is -2.52. The quantitative estimate of drug-likeness (QED) is 0.767. The summed E-state index contributed by atoms with van der Waals surface area (Å²) in [7, 11) is 0. The normalized spacial score (nSPS) is 34.3. The lowest BCUT2D eigenvalue weighted by Gasteiger charge is -2.43. The van der Waals surface area contributed by atoms with Crippen LogP contribution in [0.5, 0.6) is 5.19 Å². The summed E-state index contributed by atoms with van der Waals surface area (Å²) in [5, 5.41) is 2.91. The number of ether oxygens (including phenoxy) is 1. The summed E-state index contributed by atoms with van der Waals surface area (Å²) in [6.07, 6.45) is 2.99. The van der Waals surface area contributed by atoms with Crippen molar-refractivity contribution in [1.82, 2.24) is 9.88 Å². The van der Waals surface area contributed by atoms with Gasteiger partial charge in [-0.2, -0.15) is 0 Å². The molecule has 1 unspecified atom stereocenters. The SMILES string of the molecule is Cc1csc(OC2CN3CCC2CC3)n1. The van der Waals surface area contributed by atoms with Gasteiger partial charge in [0.1, 0.15) is 6.10 Å². The molecule has 15 heavy (non-hydrogen) atoms. The minimum Gasteiger partial charge on any atom is -0.465 e. The van der Waals surface area contributed by atoms with E-state index in [2.05, 4.69) is 15.3 Å². The smallest absolute Gasteiger partial charge is 0.273 e. The number of aromatic nitrogens is 1. The Kier molecular flexibility index (Phi) is 2.41. The first kappa shape index (κ1) is 9.60. The van der Waals surface area contributed by atoms with Gasteiger partial charge >= 0.3 is 0 Å². The van der Waals surface area contributed by atoms with Crippen molar-refractivity contribution in [3.8, 4) is 5.19 Å². The molecule has 3 aliphatic heterocycles. The fourth-order valence-electron chi connectivity index (χ4n) is 2.56. The van der Waals surface area contributed by atoms with Gasteiger partial charge in [-0.05, 0) is 38.8 Å². The zero-order chi connectivity index (χ0) is 10.3. The second kappa shape index (κ2) is 3.76. The number of piperidine rings is 3. The molecule has 0 saturated carbocycles. The van der Waals surface area contributed by atoms with E-state index in [0.29, 0.717) is 6.10 Å². The zero-order valence-corrected chi connectivity index (χ0v) is 9.80. The van der Waals surface area contributed by atoms with Gasteiger partial charge in [-0.3, -0.25) is 4.90 Å². The Bertz CT molecular complexity index is 344. The van der Waals surface area contributed by atoms with Gasteiger partial charge in [-0.1, -0.05) is 11.3 Å². The Morgan fingerprint density at radius 1 is 1.47 bits per heavy atom. The third-order valence-electron chi connectivity index (χ3n) is 3.45. The number of hydrogen-bond donors (Lipinski definition) is 0. The van der Waals surface area contributed by atoms with E-state index in [4.69, 9.17) is 4.74 Å². The van der Waals surface area contributed by atoms with Crippen LogP contribution in [0.4, 0.5) is 0 Å². The van der Waals surface area contributed by atoms with Gasteiger partial charge in [0.05, 0.1) is 5.69 Å². The standard InChI is InChI=1S/C11H16N2OS/c1-8-7-15-11(12-8)14-10-6-13-4-2-9(10)3-5-13/h7,9-10H,2-6H2,1H3. The van der Waals surface area contributed by atoms with Crippen molar-refractivity contribution in [3.05, 3.63) is 11.1 Å². The molecule has 3 nitrogen and oxygen atoms in total. The monoisotopic (exact) mass is 224 g/mol. The molecule has 3 saturated heterocycles. The number of hydrogen-bond acceptors (Lipinski definition) is 4. The van der Waals surface area contributed by atoms with Crippen molar-refractivity contribution in [2.75, 3.05) is 19.6 Å². The van der Waals surface area contributed by atoms with E-state index in [1.165, 1.54) is 25.9 Å². The Morgan fingerprint density at radius 3 is 2.80 bits per heavy atom. The molecule has 0 amide bonds. The molecule has 3 aliphatic rings. The van der Waals surface area contributed by atoms with Gasteiger partial charge in [0, 0.05) is 11.9 Å². The van der Waals surface area contributed by atoms with Crippen LogP contribution < -0.4 is 4.74 Å². The Balaban J connectivity index is 1.68. The van der Waals surface area contributed by atoms with Crippen LogP contribution in [0.1, 0.15) is 18.5 Å². The van der Waals surface area contributed by atoms with E-state index in [9.17, 15) is 0 Å².